The summed E-state index contributed by atoms with van der Waals surface area (Å²) < 4.78 is 39.6. The van der Waals surface area contributed by atoms with Crippen molar-refractivity contribution in [1.29, 1.82) is 0 Å². The van der Waals surface area contributed by atoms with Crippen molar-refractivity contribution in [2.45, 2.75) is 17.0 Å². The third-order valence-electron chi connectivity index (χ3n) is 4.04. The zero-order valence-corrected chi connectivity index (χ0v) is 15.5. The van der Waals surface area contributed by atoms with Crippen LogP contribution >= 0.6 is 23.1 Å². The van der Waals surface area contributed by atoms with Crippen LogP contribution in [-0.4, -0.2) is 9.97 Å². The van der Waals surface area contributed by atoms with Crippen molar-refractivity contribution in [2.75, 3.05) is 0 Å². The number of rotatable bonds is 4. The Bertz CT molecular complexity index is 1080. The molecule has 2 aromatic heterocycles. The van der Waals surface area contributed by atoms with Crippen molar-refractivity contribution in [3.8, 4) is 10.4 Å². The number of halogens is 3. The van der Waals surface area contributed by atoms with Gasteiger partial charge in [0, 0.05) is 16.0 Å². The van der Waals surface area contributed by atoms with Crippen LogP contribution in [0.15, 0.2) is 72.0 Å². The van der Waals surface area contributed by atoms with Crippen molar-refractivity contribution < 1.29 is 13.2 Å². The molecular weight excluding hydrogens is 389 g/mol. The molecule has 27 heavy (non-hydrogen) atoms. The monoisotopic (exact) mass is 402 g/mol. The van der Waals surface area contributed by atoms with Crippen molar-refractivity contribution in [1.82, 2.24) is 9.97 Å². The number of fused-ring (bicyclic) bond motifs is 1. The molecule has 2 nitrogen and oxygen atoms in total. The minimum atomic E-state index is -4.36. The van der Waals surface area contributed by atoms with Gasteiger partial charge in [-0.05, 0) is 23.3 Å². The Labute approximate surface area is 162 Å². The lowest BCUT2D eigenvalue weighted by Crippen LogP contribution is -2.08. The van der Waals surface area contributed by atoms with E-state index in [9.17, 15) is 13.2 Å². The highest BCUT2D eigenvalue weighted by atomic mass is 32.2. The van der Waals surface area contributed by atoms with Gasteiger partial charge in [-0.1, -0.05) is 48.5 Å². The van der Waals surface area contributed by atoms with Gasteiger partial charge in [0.25, 0.3) is 0 Å². The van der Waals surface area contributed by atoms with Crippen molar-refractivity contribution in [2.24, 2.45) is 0 Å². The van der Waals surface area contributed by atoms with Crippen LogP contribution in [0.25, 0.3) is 20.7 Å². The van der Waals surface area contributed by atoms with Gasteiger partial charge in [0.15, 0.2) is 0 Å². The van der Waals surface area contributed by atoms with E-state index in [4.69, 9.17) is 0 Å². The average Bonchev–Trinajstić information content (AvgIpc) is 3.11. The van der Waals surface area contributed by atoms with Crippen LogP contribution in [0.5, 0.6) is 0 Å². The molecule has 0 aliphatic heterocycles. The first kappa shape index (κ1) is 18.0. The van der Waals surface area contributed by atoms with Crippen LogP contribution in [0.4, 0.5) is 13.2 Å². The molecule has 0 bridgehead atoms. The molecule has 136 valence electrons. The van der Waals surface area contributed by atoms with E-state index in [0.29, 0.717) is 5.03 Å². The molecule has 2 heterocycles. The Morgan fingerprint density at radius 1 is 0.926 bits per heavy atom. The Hall–Kier alpha value is -2.38. The third kappa shape index (κ3) is 3.84. The van der Waals surface area contributed by atoms with Crippen molar-refractivity contribution in [3.05, 3.63) is 78.1 Å². The molecule has 0 aliphatic carbocycles. The number of aromatic nitrogens is 2. The average molecular weight is 402 g/mol. The molecular formula is C20H13F3N2S2. The predicted octanol–water partition coefficient (Wildman–Crippen LogP) is 6.67. The molecule has 4 rings (SSSR count). The lowest BCUT2D eigenvalue weighted by molar-refractivity contribution is -0.138. The minimum Gasteiger partial charge on any atom is -0.229 e. The minimum absolute atomic E-state index is 0.193. The zero-order valence-electron chi connectivity index (χ0n) is 13.9. The molecule has 0 unspecified atom stereocenters. The van der Waals surface area contributed by atoms with E-state index >= 15 is 0 Å². The molecule has 0 aliphatic rings. The van der Waals surface area contributed by atoms with Gasteiger partial charge in [-0.3, -0.25) is 0 Å². The second kappa shape index (κ2) is 7.32. The molecule has 0 amide bonds. The van der Waals surface area contributed by atoms with Crippen LogP contribution in [0, 0.1) is 0 Å². The Morgan fingerprint density at radius 2 is 1.67 bits per heavy atom. The summed E-state index contributed by atoms with van der Waals surface area (Å²) in [6.07, 6.45) is -2.90. The Morgan fingerprint density at radius 3 is 2.44 bits per heavy atom. The van der Waals surface area contributed by atoms with E-state index in [0.717, 1.165) is 26.7 Å². The van der Waals surface area contributed by atoms with E-state index in [1.165, 1.54) is 30.2 Å². The van der Waals surface area contributed by atoms with Gasteiger partial charge in [0.2, 0.25) is 0 Å². The fraction of sp³-hybridized carbons (Fsp3) is 0.100. The standard InChI is InChI=1S/C20H13F3N2S2/c21-20(22,23)16-9-5-4-8-14(16)11-26-18-15-10-17(13-6-2-1-3-7-13)27-19(15)25-12-24-18/h1-10,12H,11H2. The smallest absolute Gasteiger partial charge is 0.229 e. The zero-order chi connectivity index (χ0) is 18.9. The summed E-state index contributed by atoms with van der Waals surface area (Å²) in [4.78, 5) is 10.5. The largest absolute Gasteiger partial charge is 0.416 e. The topological polar surface area (TPSA) is 25.8 Å². The molecule has 2 aromatic carbocycles. The lowest BCUT2D eigenvalue weighted by atomic mass is 10.1. The maximum Gasteiger partial charge on any atom is 0.416 e. The summed E-state index contributed by atoms with van der Waals surface area (Å²) in [5, 5.41) is 1.56. The first-order chi connectivity index (χ1) is 13.0. The fourth-order valence-electron chi connectivity index (χ4n) is 2.76. The summed E-state index contributed by atoms with van der Waals surface area (Å²) in [5.74, 6) is 0.193. The highest BCUT2D eigenvalue weighted by Gasteiger charge is 2.32. The number of hydrogen-bond acceptors (Lipinski definition) is 4. The Balaban J connectivity index is 1.65. The second-order valence-electron chi connectivity index (χ2n) is 5.82. The maximum absolute atomic E-state index is 13.2. The number of thioether (sulfide) groups is 1. The number of thiophene rings is 1. The van der Waals surface area contributed by atoms with Gasteiger partial charge in [-0.25, -0.2) is 9.97 Å². The van der Waals surface area contributed by atoms with E-state index in [1.54, 1.807) is 17.4 Å². The quantitative estimate of drug-likeness (QED) is 0.282. The Kier molecular flexibility index (Phi) is 4.88. The summed E-state index contributed by atoms with van der Waals surface area (Å²) in [6.45, 7) is 0. The number of alkyl halides is 3. The molecule has 0 radical (unpaired) electrons. The van der Waals surface area contributed by atoms with Crippen LogP contribution in [0.2, 0.25) is 0 Å². The lowest BCUT2D eigenvalue weighted by Gasteiger charge is -2.12. The SMILES string of the molecule is FC(F)(F)c1ccccc1CSc1ncnc2sc(-c3ccccc3)cc12. The molecule has 7 heteroatoms. The third-order valence-corrected chi connectivity index (χ3v) is 6.18. The summed E-state index contributed by atoms with van der Waals surface area (Å²) in [5.41, 5.74) is 0.734. The fourth-order valence-corrected chi connectivity index (χ4v) is 4.81. The summed E-state index contributed by atoms with van der Waals surface area (Å²) in [7, 11) is 0. The molecule has 0 saturated heterocycles. The molecule has 4 aromatic rings. The van der Waals surface area contributed by atoms with Gasteiger partial charge in [0.05, 0.1) is 5.56 Å². The summed E-state index contributed by atoms with van der Waals surface area (Å²) >= 11 is 2.85. The van der Waals surface area contributed by atoms with E-state index in [2.05, 4.69) is 9.97 Å². The van der Waals surface area contributed by atoms with Gasteiger partial charge >= 0.3 is 6.18 Å². The van der Waals surface area contributed by atoms with E-state index < -0.39 is 11.7 Å². The molecule has 0 fully saturated rings. The second-order valence-corrected chi connectivity index (χ2v) is 7.81. The molecule has 0 spiro atoms. The number of hydrogen-bond donors (Lipinski definition) is 0. The van der Waals surface area contributed by atoms with Gasteiger partial charge in [-0.2, -0.15) is 13.2 Å². The van der Waals surface area contributed by atoms with Crippen LogP contribution < -0.4 is 0 Å². The predicted molar refractivity (Wildman–Crippen MR) is 104 cm³/mol. The normalized spacial score (nSPS) is 11.8. The first-order valence-corrected chi connectivity index (χ1v) is 9.90. The number of nitrogens with zero attached hydrogens (tertiary/aromatic N) is 2. The van der Waals surface area contributed by atoms with Crippen molar-refractivity contribution in [3.63, 3.8) is 0 Å². The highest BCUT2D eigenvalue weighted by molar-refractivity contribution is 7.98. The van der Waals surface area contributed by atoms with Gasteiger partial charge in [0.1, 0.15) is 16.2 Å². The summed E-state index contributed by atoms with van der Waals surface area (Å²) in [6, 6.07) is 17.6. The van der Waals surface area contributed by atoms with Crippen LogP contribution in [-0.2, 0) is 11.9 Å². The van der Waals surface area contributed by atoms with Crippen molar-refractivity contribution >= 4 is 33.3 Å². The van der Waals surface area contributed by atoms with Gasteiger partial charge < -0.3 is 0 Å². The molecule has 0 saturated carbocycles. The maximum atomic E-state index is 13.2. The molecule has 0 atom stereocenters. The first-order valence-electron chi connectivity index (χ1n) is 8.10. The van der Waals surface area contributed by atoms with Crippen LogP contribution in [0.1, 0.15) is 11.1 Å². The van der Waals surface area contributed by atoms with Gasteiger partial charge in [-0.15, -0.1) is 23.1 Å². The van der Waals surface area contributed by atoms with E-state index in [1.807, 2.05) is 36.4 Å². The van der Waals surface area contributed by atoms with E-state index in [-0.39, 0.29) is 11.3 Å². The molecule has 0 N–H and O–H groups in total. The van der Waals surface area contributed by atoms with Crippen LogP contribution in [0.3, 0.4) is 0 Å². The number of benzene rings is 2. The highest BCUT2D eigenvalue weighted by Crippen LogP contribution is 2.38.